The molecule has 4 aromatic rings. The van der Waals surface area contributed by atoms with Crippen LogP contribution in [-0.4, -0.2) is 41.3 Å². The van der Waals surface area contributed by atoms with Crippen LogP contribution in [0.1, 0.15) is 47.1 Å². The average Bonchev–Trinajstić information content (AvgIpc) is 3.45. The molecule has 1 unspecified atom stereocenters. The summed E-state index contributed by atoms with van der Waals surface area (Å²) in [4.78, 5) is 15.6. The first-order valence-corrected chi connectivity index (χ1v) is 12.1. The largest absolute Gasteiger partial charge is 0.497 e. The molecule has 184 valence electrons. The summed E-state index contributed by atoms with van der Waals surface area (Å²) in [5, 5.41) is 7.58. The van der Waals surface area contributed by atoms with Gasteiger partial charge in [-0.3, -0.25) is 9.89 Å². The van der Waals surface area contributed by atoms with Crippen LogP contribution in [0.25, 0.3) is 11.3 Å². The van der Waals surface area contributed by atoms with Crippen molar-refractivity contribution >= 4 is 5.91 Å². The molecule has 0 aliphatic carbocycles. The lowest BCUT2D eigenvalue weighted by Gasteiger charge is -2.27. The summed E-state index contributed by atoms with van der Waals surface area (Å²) in [6, 6.07) is 23.3. The molecule has 1 aliphatic heterocycles. The molecule has 2 heterocycles. The van der Waals surface area contributed by atoms with Gasteiger partial charge in [0.2, 0.25) is 0 Å². The van der Waals surface area contributed by atoms with Gasteiger partial charge in [-0.15, -0.1) is 0 Å². The van der Waals surface area contributed by atoms with E-state index in [1.165, 1.54) is 0 Å². The Bertz CT molecular complexity index is 1350. The second-order valence-corrected chi connectivity index (χ2v) is 8.48. The number of methoxy groups -OCH3 is 1. The topological polar surface area (TPSA) is 76.7 Å². The zero-order chi connectivity index (χ0) is 25.1. The highest BCUT2D eigenvalue weighted by atomic mass is 16.5. The SMILES string of the molecule is CCOc1ccc(C2c3c(-c4ccccc4)n[nH]c3C(=O)N2Cc2ccc(OC)cc2)cc1OCC. The number of hydrogen-bond acceptors (Lipinski definition) is 5. The molecule has 7 heteroatoms. The fourth-order valence-corrected chi connectivity index (χ4v) is 4.69. The van der Waals surface area contributed by atoms with Gasteiger partial charge in [-0.2, -0.15) is 5.10 Å². The van der Waals surface area contributed by atoms with Crippen molar-refractivity contribution in [3.63, 3.8) is 0 Å². The average molecular weight is 484 g/mol. The highest BCUT2D eigenvalue weighted by Gasteiger charge is 2.42. The van der Waals surface area contributed by atoms with Gasteiger partial charge in [-0.05, 0) is 49.2 Å². The van der Waals surface area contributed by atoms with Gasteiger partial charge in [0, 0.05) is 17.7 Å². The molecule has 0 saturated heterocycles. The van der Waals surface area contributed by atoms with Crippen molar-refractivity contribution in [3.8, 4) is 28.5 Å². The van der Waals surface area contributed by atoms with Crippen molar-refractivity contribution in [3.05, 3.63) is 95.2 Å². The van der Waals surface area contributed by atoms with Crippen molar-refractivity contribution in [2.75, 3.05) is 20.3 Å². The third-order valence-corrected chi connectivity index (χ3v) is 6.31. The molecule has 1 N–H and O–H groups in total. The molecule has 0 spiro atoms. The van der Waals surface area contributed by atoms with Crippen LogP contribution in [0, 0.1) is 0 Å². The molecule has 7 nitrogen and oxygen atoms in total. The highest BCUT2D eigenvalue weighted by molar-refractivity contribution is 6.00. The second-order valence-electron chi connectivity index (χ2n) is 8.48. The molecule has 0 bridgehead atoms. The Morgan fingerprint density at radius 1 is 0.917 bits per heavy atom. The zero-order valence-corrected chi connectivity index (χ0v) is 20.7. The number of amides is 1. The number of fused-ring (bicyclic) bond motifs is 1. The lowest BCUT2D eigenvalue weighted by molar-refractivity contribution is 0.0729. The van der Waals surface area contributed by atoms with Crippen LogP contribution >= 0.6 is 0 Å². The van der Waals surface area contributed by atoms with E-state index in [1.807, 2.05) is 91.5 Å². The first-order chi connectivity index (χ1) is 17.6. The van der Waals surface area contributed by atoms with Crippen LogP contribution in [0.3, 0.4) is 0 Å². The Morgan fingerprint density at radius 3 is 2.33 bits per heavy atom. The number of hydrogen-bond donors (Lipinski definition) is 1. The molecule has 1 atom stereocenters. The number of carbonyl (C=O) groups excluding carboxylic acids is 1. The highest BCUT2D eigenvalue weighted by Crippen LogP contribution is 2.45. The van der Waals surface area contributed by atoms with Gasteiger partial charge in [0.1, 0.15) is 11.4 Å². The van der Waals surface area contributed by atoms with E-state index >= 15 is 0 Å². The molecule has 1 aromatic heterocycles. The Hall–Kier alpha value is -4.26. The Morgan fingerprint density at radius 2 is 1.64 bits per heavy atom. The lowest BCUT2D eigenvalue weighted by Crippen LogP contribution is -2.29. The van der Waals surface area contributed by atoms with Crippen molar-refractivity contribution in [2.45, 2.75) is 26.4 Å². The van der Waals surface area contributed by atoms with E-state index in [0.717, 1.165) is 33.7 Å². The van der Waals surface area contributed by atoms with E-state index in [0.29, 0.717) is 37.0 Å². The number of benzene rings is 3. The standard InChI is InChI=1S/C29H29N3O4/c1-4-35-23-16-13-21(17-24(23)36-5-2)28-25-26(20-9-7-6-8-10-20)30-31-27(25)29(33)32(28)18-19-11-14-22(34-3)15-12-19/h6-17,28H,4-5,18H2,1-3H3,(H,30,31). The summed E-state index contributed by atoms with van der Waals surface area (Å²) < 4.78 is 17.0. The minimum absolute atomic E-state index is 0.0904. The summed E-state index contributed by atoms with van der Waals surface area (Å²) in [6.45, 7) is 5.37. The Labute approximate surface area is 210 Å². The number of ether oxygens (including phenoxy) is 3. The van der Waals surface area contributed by atoms with Crippen LogP contribution in [0.15, 0.2) is 72.8 Å². The van der Waals surface area contributed by atoms with Crippen molar-refractivity contribution in [1.29, 1.82) is 0 Å². The van der Waals surface area contributed by atoms with Crippen molar-refractivity contribution in [2.24, 2.45) is 0 Å². The number of aromatic amines is 1. The summed E-state index contributed by atoms with van der Waals surface area (Å²) in [5.74, 6) is 2.03. The predicted molar refractivity (Wildman–Crippen MR) is 138 cm³/mol. The van der Waals surface area contributed by atoms with Crippen LogP contribution < -0.4 is 14.2 Å². The molecule has 3 aromatic carbocycles. The summed E-state index contributed by atoms with van der Waals surface area (Å²) in [6.07, 6.45) is 0. The maximum absolute atomic E-state index is 13.7. The third kappa shape index (κ3) is 4.28. The van der Waals surface area contributed by atoms with Gasteiger partial charge in [0.15, 0.2) is 11.5 Å². The predicted octanol–water partition coefficient (Wildman–Crippen LogP) is 5.63. The van der Waals surface area contributed by atoms with Gasteiger partial charge in [-0.25, -0.2) is 0 Å². The van der Waals surface area contributed by atoms with Gasteiger partial charge in [0.25, 0.3) is 5.91 Å². The molecular weight excluding hydrogens is 454 g/mol. The number of carbonyl (C=O) groups is 1. The molecule has 0 fully saturated rings. The van der Waals surface area contributed by atoms with E-state index in [4.69, 9.17) is 14.2 Å². The van der Waals surface area contributed by atoms with Gasteiger partial charge < -0.3 is 19.1 Å². The molecule has 0 saturated carbocycles. The lowest BCUT2D eigenvalue weighted by atomic mass is 9.95. The number of nitrogens with zero attached hydrogens (tertiary/aromatic N) is 2. The van der Waals surface area contributed by atoms with E-state index in [1.54, 1.807) is 7.11 Å². The van der Waals surface area contributed by atoms with Gasteiger partial charge >= 0.3 is 0 Å². The van der Waals surface area contributed by atoms with Crippen LogP contribution in [0.5, 0.6) is 17.2 Å². The van der Waals surface area contributed by atoms with Gasteiger partial charge in [-0.1, -0.05) is 48.5 Å². The quantitative estimate of drug-likeness (QED) is 0.334. The fourth-order valence-electron chi connectivity index (χ4n) is 4.69. The monoisotopic (exact) mass is 483 g/mol. The smallest absolute Gasteiger partial charge is 0.273 e. The van der Waals surface area contributed by atoms with Crippen LogP contribution in [0.4, 0.5) is 0 Å². The molecule has 0 radical (unpaired) electrons. The first-order valence-electron chi connectivity index (χ1n) is 12.1. The molecule has 5 rings (SSSR count). The Kier molecular flexibility index (Phi) is 6.62. The maximum Gasteiger partial charge on any atom is 0.273 e. The van der Waals surface area contributed by atoms with E-state index in [-0.39, 0.29) is 11.9 Å². The summed E-state index contributed by atoms with van der Waals surface area (Å²) in [5.41, 5.74) is 5.04. The number of H-pyrrole nitrogens is 1. The number of nitrogens with one attached hydrogen (secondary N) is 1. The van der Waals surface area contributed by atoms with E-state index < -0.39 is 0 Å². The van der Waals surface area contributed by atoms with Crippen LogP contribution in [-0.2, 0) is 6.54 Å². The minimum atomic E-state index is -0.349. The van der Waals surface area contributed by atoms with Crippen molar-refractivity contribution < 1.29 is 19.0 Å². The van der Waals surface area contributed by atoms with E-state index in [2.05, 4.69) is 10.2 Å². The van der Waals surface area contributed by atoms with Crippen molar-refractivity contribution in [1.82, 2.24) is 15.1 Å². The zero-order valence-electron chi connectivity index (χ0n) is 20.7. The molecule has 1 amide bonds. The maximum atomic E-state index is 13.7. The van der Waals surface area contributed by atoms with Gasteiger partial charge in [0.05, 0.1) is 32.1 Å². The third-order valence-electron chi connectivity index (χ3n) is 6.31. The molecule has 36 heavy (non-hydrogen) atoms. The first kappa shape index (κ1) is 23.5. The number of rotatable bonds is 9. The Balaban J connectivity index is 1.62. The molecule has 1 aliphatic rings. The fraction of sp³-hybridized carbons (Fsp3) is 0.241. The minimum Gasteiger partial charge on any atom is -0.497 e. The summed E-state index contributed by atoms with van der Waals surface area (Å²) in [7, 11) is 1.64. The molecular formula is C29H29N3O4. The van der Waals surface area contributed by atoms with Crippen LogP contribution in [0.2, 0.25) is 0 Å². The number of aromatic nitrogens is 2. The second kappa shape index (κ2) is 10.2. The normalized spacial score (nSPS) is 14.6. The van der Waals surface area contributed by atoms with E-state index in [9.17, 15) is 4.79 Å². The summed E-state index contributed by atoms with van der Waals surface area (Å²) >= 11 is 0.